The zero-order valence-electron chi connectivity index (χ0n) is 8.66. The Morgan fingerprint density at radius 3 is 2.47 bits per heavy atom. The Labute approximate surface area is 85.5 Å². The van der Waals surface area contributed by atoms with Gasteiger partial charge in [0.15, 0.2) is 0 Å². The fraction of sp³-hybridized carbons (Fsp3) is 0.556. The van der Waals surface area contributed by atoms with E-state index in [2.05, 4.69) is 5.10 Å². The number of aryl methyl sites for hydroxylation is 1. The third kappa shape index (κ3) is 1.98. The normalized spacial score (nSPS) is 12.1. The molecule has 0 aromatic carbocycles. The molecule has 1 heterocycles. The van der Waals surface area contributed by atoms with Crippen LogP contribution in [0.25, 0.3) is 0 Å². The smallest absolute Gasteiger partial charge is 0.383 e. The molecule has 1 aromatic rings. The summed E-state index contributed by atoms with van der Waals surface area (Å²) in [6, 6.07) is 1.12. The predicted molar refractivity (Wildman–Crippen MR) is 48.8 cm³/mol. The van der Waals surface area contributed by atoms with Crippen molar-refractivity contribution in [2.45, 2.75) is 25.7 Å². The second-order valence-corrected chi connectivity index (χ2v) is 3.61. The molecule has 0 aliphatic heterocycles. The number of carboxylic acids is 1. The summed E-state index contributed by atoms with van der Waals surface area (Å²) in [6.07, 6.45) is 0. The minimum absolute atomic E-state index is 0.0189. The molecule has 0 aliphatic carbocycles. The van der Waals surface area contributed by atoms with E-state index in [1.54, 1.807) is 13.8 Å². The SMILES string of the molecule is CC(C)c1cc(C(F)(F)C(=O)O)n(C)n1. The molecule has 0 radical (unpaired) electrons. The first kappa shape index (κ1) is 11.6. The molecule has 0 atom stereocenters. The number of halogens is 2. The number of alkyl halides is 2. The lowest BCUT2D eigenvalue weighted by atomic mass is 10.1. The minimum atomic E-state index is -3.89. The van der Waals surface area contributed by atoms with Gasteiger partial charge >= 0.3 is 11.9 Å². The zero-order chi connectivity index (χ0) is 11.8. The van der Waals surface area contributed by atoms with Gasteiger partial charge in [0.25, 0.3) is 0 Å². The monoisotopic (exact) mass is 218 g/mol. The van der Waals surface area contributed by atoms with Crippen molar-refractivity contribution in [3.05, 3.63) is 17.5 Å². The summed E-state index contributed by atoms with van der Waals surface area (Å²) in [7, 11) is 1.30. The molecular weight excluding hydrogens is 206 g/mol. The number of aromatic nitrogens is 2. The van der Waals surface area contributed by atoms with Crippen molar-refractivity contribution in [3.63, 3.8) is 0 Å². The van der Waals surface area contributed by atoms with Crippen molar-refractivity contribution >= 4 is 5.97 Å². The molecule has 0 saturated heterocycles. The van der Waals surface area contributed by atoms with Gasteiger partial charge in [0, 0.05) is 7.05 Å². The highest BCUT2D eigenvalue weighted by atomic mass is 19.3. The highest BCUT2D eigenvalue weighted by Gasteiger charge is 2.44. The molecule has 1 N–H and O–H groups in total. The van der Waals surface area contributed by atoms with Crippen molar-refractivity contribution in [1.29, 1.82) is 0 Å². The fourth-order valence-corrected chi connectivity index (χ4v) is 1.17. The van der Waals surface area contributed by atoms with Gasteiger partial charge in [0.1, 0.15) is 5.69 Å². The van der Waals surface area contributed by atoms with Crippen LogP contribution in [0.15, 0.2) is 6.07 Å². The van der Waals surface area contributed by atoms with E-state index in [0.29, 0.717) is 5.69 Å². The van der Waals surface area contributed by atoms with Gasteiger partial charge in [-0.25, -0.2) is 4.79 Å². The molecule has 0 spiro atoms. The van der Waals surface area contributed by atoms with E-state index in [9.17, 15) is 13.6 Å². The van der Waals surface area contributed by atoms with Crippen LogP contribution in [0.5, 0.6) is 0 Å². The molecule has 6 heteroatoms. The number of rotatable bonds is 3. The number of aliphatic carboxylic acids is 1. The Balaban J connectivity index is 3.21. The van der Waals surface area contributed by atoms with Gasteiger partial charge in [-0.3, -0.25) is 4.68 Å². The molecule has 0 aliphatic rings. The lowest BCUT2D eigenvalue weighted by Gasteiger charge is -2.10. The van der Waals surface area contributed by atoms with Crippen LogP contribution in [0.1, 0.15) is 31.2 Å². The van der Waals surface area contributed by atoms with Crippen LogP contribution in [0.2, 0.25) is 0 Å². The van der Waals surface area contributed by atoms with Gasteiger partial charge in [-0.15, -0.1) is 0 Å². The van der Waals surface area contributed by atoms with Crippen LogP contribution in [0, 0.1) is 0 Å². The number of hydrogen-bond donors (Lipinski definition) is 1. The maximum atomic E-state index is 13.2. The third-order valence-corrected chi connectivity index (χ3v) is 2.08. The van der Waals surface area contributed by atoms with E-state index in [1.165, 1.54) is 7.05 Å². The number of carbonyl (C=O) groups is 1. The Hall–Kier alpha value is -1.46. The summed E-state index contributed by atoms with van der Waals surface area (Å²) >= 11 is 0. The molecule has 1 rings (SSSR count). The standard InChI is InChI=1S/C9H12F2N2O2/c1-5(2)6-4-7(13(3)12-6)9(10,11)8(14)15/h4-5H,1-3H3,(H,14,15). The summed E-state index contributed by atoms with van der Waals surface area (Å²) in [5.74, 6) is -6.08. The molecule has 15 heavy (non-hydrogen) atoms. The van der Waals surface area contributed by atoms with Crippen LogP contribution >= 0.6 is 0 Å². The van der Waals surface area contributed by atoms with Crippen molar-refractivity contribution < 1.29 is 18.7 Å². The van der Waals surface area contributed by atoms with Gasteiger partial charge in [0.2, 0.25) is 0 Å². The van der Waals surface area contributed by atoms with E-state index in [0.717, 1.165) is 10.7 Å². The Morgan fingerprint density at radius 2 is 2.13 bits per heavy atom. The fourth-order valence-electron chi connectivity index (χ4n) is 1.17. The average molecular weight is 218 g/mol. The Morgan fingerprint density at radius 1 is 1.60 bits per heavy atom. The number of carboxylic acid groups (broad SMARTS) is 1. The minimum Gasteiger partial charge on any atom is -0.476 e. The predicted octanol–water partition coefficient (Wildman–Crippen LogP) is 1.72. The first-order chi connectivity index (χ1) is 6.76. The summed E-state index contributed by atoms with van der Waals surface area (Å²) < 4.78 is 27.2. The van der Waals surface area contributed by atoms with Crippen LogP contribution in [-0.2, 0) is 17.8 Å². The summed E-state index contributed by atoms with van der Waals surface area (Å²) in [6.45, 7) is 3.59. The second kappa shape index (κ2) is 3.60. The Kier molecular flexibility index (Phi) is 2.79. The van der Waals surface area contributed by atoms with Crippen molar-refractivity contribution in [3.8, 4) is 0 Å². The van der Waals surface area contributed by atoms with Crippen molar-refractivity contribution in [2.75, 3.05) is 0 Å². The highest BCUT2D eigenvalue weighted by Crippen LogP contribution is 2.29. The first-order valence-corrected chi connectivity index (χ1v) is 4.42. The van der Waals surface area contributed by atoms with E-state index in [1.807, 2.05) is 0 Å². The van der Waals surface area contributed by atoms with Gasteiger partial charge in [0.05, 0.1) is 5.69 Å². The van der Waals surface area contributed by atoms with Crippen LogP contribution in [0.4, 0.5) is 8.78 Å². The largest absolute Gasteiger partial charge is 0.476 e. The maximum absolute atomic E-state index is 13.2. The average Bonchev–Trinajstić information content (AvgIpc) is 2.47. The van der Waals surface area contributed by atoms with Crippen LogP contribution in [-0.4, -0.2) is 20.9 Å². The van der Waals surface area contributed by atoms with E-state index < -0.39 is 17.6 Å². The van der Waals surface area contributed by atoms with Gasteiger partial charge in [-0.2, -0.15) is 13.9 Å². The van der Waals surface area contributed by atoms with Gasteiger partial charge in [-0.1, -0.05) is 13.8 Å². The second-order valence-electron chi connectivity index (χ2n) is 3.61. The zero-order valence-corrected chi connectivity index (χ0v) is 8.66. The maximum Gasteiger partial charge on any atom is 0.383 e. The Bertz CT molecular complexity index is 385. The van der Waals surface area contributed by atoms with Crippen LogP contribution in [0.3, 0.4) is 0 Å². The highest BCUT2D eigenvalue weighted by molar-refractivity contribution is 5.76. The molecule has 0 unspecified atom stereocenters. The van der Waals surface area contributed by atoms with E-state index in [4.69, 9.17) is 5.11 Å². The number of hydrogen-bond acceptors (Lipinski definition) is 2. The molecule has 84 valence electrons. The topological polar surface area (TPSA) is 55.1 Å². The molecule has 1 aromatic heterocycles. The first-order valence-electron chi connectivity index (χ1n) is 4.42. The van der Waals surface area contributed by atoms with Gasteiger partial charge in [-0.05, 0) is 12.0 Å². The molecule has 0 amide bonds. The summed E-state index contributed by atoms with van der Waals surface area (Å²) in [4.78, 5) is 10.4. The summed E-state index contributed by atoms with van der Waals surface area (Å²) in [5, 5.41) is 12.2. The van der Waals surface area contributed by atoms with E-state index in [-0.39, 0.29) is 5.92 Å². The van der Waals surface area contributed by atoms with E-state index >= 15 is 0 Å². The van der Waals surface area contributed by atoms with Crippen molar-refractivity contribution in [1.82, 2.24) is 9.78 Å². The van der Waals surface area contributed by atoms with Crippen molar-refractivity contribution in [2.24, 2.45) is 7.05 Å². The molecule has 0 bridgehead atoms. The lowest BCUT2D eigenvalue weighted by Crippen LogP contribution is -2.27. The molecule has 0 fully saturated rings. The molecule has 4 nitrogen and oxygen atoms in total. The lowest BCUT2D eigenvalue weighted by molar-refractivity contribution is -0.167. The number of nitrogens with zero attached hydrogens (tertiary/aromatic N) is 2. The molecular formula is C9H12F2N2O2. The quantitative estimate of drug-likeness (QED) is 0.840. The summed E-state index contributed by atoms with van der Waals surface area (Å²) in [5.41, 5.74) is -0.146. The third-order valence-electron chi connectivity index (χ3n) is 2.08. The van der Waals surface area contributed by atoms with Gasteiger partial charge < -0.3 is 5.11 Å². The van der Waals surface area contributed by atoms with Crippen LogP contribution < -0.4 is 0 Å². The molecule has 0 saturated carbocycles.